The summed E-state index contributed by atoms with van der Waals surface area (Å²) in [6.07, 6.45) is 2.61. The highest BCUT2D eigenvalue weighted by Crippen LogP contribution is 2.09. The highest BCUT2D eigenvalue weighted by molar-refractivity contribution is 5.75. The van der Waals surface area contributed by atoms with Gasteiger partial charge < -0.3 is 14.8 Å². The predicted molar refractivity (Wildman–Crippen MR) is 63.1 cm³/mol. The molecule has 0 aliphatic rings. The zero-order valence-corrected chi connectivity index (χ0v) is 10.7. The van der Waals surface area contributed by atoms with Crippen LogP contribution < -0.4 is 5.32 Å². The number of ether oxygens (including phenoxy) is 1. The van der Waals surface area contributed by atoms with Crippen molar-refractivity contribution in [2.75, 3.05) is 13.7 Å². The first-order valence-corrected chi connectivity index (χ1v) is 5.67. The average Bonchev–Trinajstić information content (AvgIpc) is 2.14. The zero-order valence-electron chi connectivity index (χ0n) is 10.7. The minimum Gasteiger partial charge on any atom is -0.378 e. The van der Waals surface area contributed by atoms with Crippen molar-refractivity contribution in [1.29, 1.82) is 0 Å². The first-order chi connectivity index (χ1) is 6.87. The fourth-order valence-electron chi connectivity index (χ4n) is 1.13. The molecule has 0 aromatic rings. The Morgan fingerprint density at radius 2 is 2.07 bits per heavy atom. The molecule has 0 aliphatic heterocycles. The molecule has 3 heteroatoms. The van der Waals surface area contributed by atoms with Crippen LogP contribution in [0.4, 0.5) is 0 Å². The number of ketones is 1. The topological polar surface area (TPSA) is 38.3 Å². The Morgan fingerprint density at radius 1 is 1.47 bits per heavy atom. The van der Waals surface area contributed by atoms with Crippen LogP contribution in [0.2, 0.25) is 0 Å². The molecule has 0 aliphatic carbocycles. The van der Waals surface area contributed by atoms with Gasteiger partial charge in [-0.2, -0.15) is 0 Å². The lowest BCUT2D eigenvalue weighted by Gasteiger charge is -2.24. The molecule has 0 spiro atoms. The Hall–Kier alpha value is -0.410. The van der Waals surface area contributed by atoms with Gasteiger partial charge in [-0.15, -0.1) is 0 Å². The van der Waals surface area contributed by atoms with Crippen LogP contribution >= 0.6 is 0 Å². The Balaban J connectivity index is 3.54. The lowest BCUT2D eigenvalue weighted by Crippen LogP contribution is -2.37. The van der Waals surface area contributed by atoms with Crippen LogP contribution in [-0.4, -0.2) is 31.1 Å². The Labute approximate surface area is 93.6 Å². The number of Topliss-reactive ketones (excluding diaryl/α,β-unsaturated/α-hetero) is 1. The third-order valence-corrected chi connectivity index (χ3v) is 2.71. The molecule has 0 bridgehead atoms. The number of hydrogen-bond acceptors (Lipinski definition) is 3. The van der Waals surface area contributed by atoms with Gasteiger partial charge >= 0.3 is 0 Å². The Kier molecular flexibility index (Phi) is 6.77. The molecule has 0 saturated carbocycles. The van der Waals surface area contributed by atoms with E-state index in [2.05, 4.69) is 19.2 Å². The number of nitrogens with one attached hydrogen (secondary N) is 1. The summed E-state index contributed by atoms with van der Waals surface area (Å²) in [7, 11) is 1.96. The van der Waals surface area contributed by atoms with E-state index in [0.29, 0.717) is 6.42 Å². The third-order valence-electron chi connectivity index (χ3n) is 2.71. The smallest absolute Gasteiger partial charge is 0.129 e. The second-order valence-electron chi connectivity index (χ2n) is 4.81. The summed E-state index contributed by atoms with van der Waals surface area (Å²) < 4.78 is 5.64. The number of rotatable bonds is 8. The van der Waals surface area contributed by atoms with Gasteiger partial charge in [0.15, 0.2) is 0 Å². The first kappa shape index (κ1) is 14.6. The van der Waals surface area contributed by atoms with Crippen molar-refractivity contribution in [3.05, 3.63) is 0 Å². The van der Waals surface area contributed by atoms with Crippen LogP contribution in [0.25, 0.3) is 0 Å². The second kappa shape index (κ2) is 6.96. The van der Waals surface area contributed by atoms with E-state index < -0.39 is 0 Å². The van der Waals surface area contributed by atoms with Crippen molar-refractivity contribution in [2.45, 2.75) is 58.6 Å². The fraction of sp³-hybridized carbons (Fsp3) is 0.917. The highest BCUT2D eigenvalue weighted by atomic mass is 16.5. The van der Waals surface area contributed by atoms with Crippen molar-refractivity contribution in [1.82, 2.24) is 5.32 Å². The van der Waals surface area contributed by atoms with Crippen LogP contribution in [0.1, 0.15) is 47.0 Å². The van der Waals surface area contributed by atoms with Gasteiger partial charge in [0.2, 0.25) is 0 Å². The largest absolute Gasteiger partial charge is 0.378 e. The van der Waals surface area contributed by atoms with Crippen molar-refractivity contribution in [3.63, 3.8) is 0 Å². The average molecular weight is 215 g/mol. The molecule has 0 aromatic carbocycles. The van der Waals surface area contributed by atoms with E-state index in [-0.39, 0.29) is 17.4 Å². The highest BCUT2D eigenvalue weighted by Gasteiger charge is 2.14. The molecule has 15 heavy (non-hydrogen) atoms. The first-order valence-electron chi connectivity index (χ1n) is 5.67. The summed E-state index contributed by atoms with van der Waals surface area (Å²) in [5.41, 5.74) is 0.125. The number of carbonyl (C=O) groups excluding carboxylic acids is 1. The Morgan fingerprint density at radius 3 is 2.53 bits per heavy atom. The molecule has 0 amide bonds. The minimum absolute atomic E-state index is 0.125. The SMILES string of the molecule is CNC(C)(C)CCOC(C)CCC(C)=O. The molecule has 0 radical (unpaired) electrons. The van der Waals surface area contributed by atoms with E-state index in [1.807, 2.05) is 14.0 Å². The maximum Gasteiger partial charge on any atom is 0.129 e. The van der Waals surface area contributed by atoms with Gasteiger partial charge in [-0.3, -0.25) is 0 Å². The molecule has 1 N–H and O–H groups in total. The maximum absolute atomic E-state index is 10.8. The summed E-state index contributed by atoms with van der Waals surface area (Å²) in [5.74, 6) is 0.237. The van der Waals surface area contributed by atoms with E-state index in [1.54, 1.807) is 6.92 Å². The number of carbonyl (C=O) groups is 1. The molecule has 3 nitrogen and oxygen atoms in total. The monoisotopic (exact) mass is 215 g/mol. The van der Waals surface area contributed by atoms with E-state index >= 15 is 0 Å². The van der Waals surface area contributed by atoms with Crippen molar-refractivity contribution in [2.24, 2.45) is 0 Å². The summed E-state index contributed by atoms with van der Waals surface area (Å²) in [6.45, 7) is 8.69. The lowest BCUT2D eigenvalue weighted by molar-refractivity contribution is -0.117. The van der Waals surface area contributed by atoms with E-state index in [4.69, 9.17) is 4.74 Å². The molecular weight excluding hydrogens is 190 g/mol. The molecule has 1 atom stereocenters. The van der Waals surface area contributed by atoms with Gasteiger partial charge in [-0.05, 0) is 47.6 Å². The van der Waals surface area contributed by atoms with Crippen molar-refractivity contribution >= 4 is 5.78 Å². The normalized spacial score (nSPS) is 13.9. The molecule has 0 fully saturated rings. The van der Waals surface area contributed by atoms with Crippen LogP contribution in [0.3, 0.4) is 0 Å². The van der Waals surface area contributed by atoms with Crippen LogP contribution in [-0.2, 0) is 9.53 Å². The summed E-state index contributed by atoms with van der Waals surface area (Å²) in [6, 6.07) is 0. The predicted octanol–water partition coefficient (Wildman–Crippen LogP) is 2.15. The van der Waals surface area contributed by atoms with E-state index in [9.17, 15) is 4.79 Å². The van der Waals surface area contributed by atoms with E-state index in [0.717, 1.165) is 19.4 Å². The molecule has 0 heterocycles. The van der Waals surface area contributed by atoms with Gasteiger partial charge in [0.25, 0.3) is 0 Å². The maximum atomic E-state index is 10.8. The summed E-state index contributed by atoms with van der Waals surface area (Å²) in [4.78, 5) is 10.8. The molecule has 1 unspecified atom stereocenters. The zero-order chi connectivity index (χ0) is 11.9. The fourth-order valence-corrected chi connectivity index (χ4v) is 1.13. The minimum atomic E-state index is 0.125. The van der Waals surface area contributed by atoms with Crippen molar-refractivity contribution < 1.29 is 9.53 Å². The molecule has 0 aromatic heterocycles. The van der Waals surface area contributed by atoms with Gasteiger partial charge in [0.05, 0.1) is 6.10 Å². The molecular formula is C12H25NO2. The quantitative estimate of drug-likeness (QED) is 0.674. The van der Waals surface area contributed by atoms with Gasteiger partial charge in [-0.25, -0.2) is 0 Å². The summed E-state index contributed by atoms with van der Waals surface area (Å²) in [5, 5.41) is 3.23. The second-order valence-corrected chi connectivity index (χ2v) is 4.81. The molecule has 90 valence electrons. The van der Waals surface area contributed by atoms with Crippen LogP contribution in [0, 0.1) is 0 Å². The molecule has 0 saturated heterocycles. The molecule has 0 rings (SSSR count). The lowest BCUT2D eigenvalue weighted by atomic mass is 10.0. The van der Waals surface area contributed by atoms with Crippen LogP contribution in [0.15, 0.2) is 0 Å². The van der Waals surface area contributed by atoms with Crippen molar-refractivity contribution in [3.8, 4) is 0 Å². The van der Waals surface area contributed by atoms with Gasteiger partial charge in [0, 0.05) is 18.6 Å². The van der Waals surface area contributed by atoms with Gasteiger partial charge in [-0.1, -0.05) is 0 Å². The Bertz CT molecular complexity index is 190. The van der Waals surface area contributed by atoms with E-state index in [1.165, 1.54) is 0 Å². The third kappa shape index (κ3) is 8.58. The van der Waals surface area contributed by atoms with Gasteiger partial charge in [0.1, 0.15) is 5.78 Å². The van der Waals surface area contributed by atoms with Crippen LogP contribution in [0.5, 0.6) is 0 Å². The summed E-state index contributed by atoms with van der Waals surface area (Å²) >= 11 is 0. The number of hydrogen-bond donors (Lipinski definition) is 1. The standard InChI is InChI=1S/C12H25NO2/c1-10(14)6-7-11(2)15-9-8-12(3,4)13-5/h11,13H,6-9H2,1-5H3.